The molecule has 1 saturated heterocycles. The number of hydrogen-bond donors (Lipinski definition) is 2. The first-order valence-corrected chi connectivity index (χ1v) is 10.3. The highest BCUT2D eigenvalue weighted by atomic mass is 16.6. The minimum absolute atomic E-state index is 0.0318. The van der Waals surface area contributed by atoms with Crippen molar-refractivity contribution in [3.63, 3.8) is 0 Å². The Morgan fingerprint density at radius 1 is 1.34 bits per heavy atom. The fraction of sp³-hybridized carbons (Fsp3) is 0.652. The van der Waals surface area contributed by atoms with Gasteiger partial charge in [0.1, 0.15) is 12.7 Å². The summed E-state index contributed by atoms with van der Waals surface area (Å²) in [5.41, 5.74) is -2.15. The molecule has 2 N–H and O–H groups in total. The molecule has 1 saturated carbocycles. The Kier molecular flexibility index (Phi) is 5.80. The average molecular weight is 405 g/mol. The van der Waals surface area contributed by atoms with Crippen molar-refractivity contribution in [3.05, 3.63) is 36.0 Å². The lowest BCUT2D eigenvalue weighted by molar-refractivity contribution is -0.194. The summed E-state index contributed by atoms with van der Waals surface area (Å²) < 4.78 is 11.0. The van der Waals surface area contributed by atoms with Gasteiger partial charge in [-0.25, -0.2) is 9.59 Å². The number of aliphatic hydroxyl groups is 2. The second kappa shape index (κ2) is 7.73. The Labute approximate surface area is 172 Å². The molecule has 0 aromatic heterocycles. The van der Waals surface area contributed by atoms with E-state index in [1.54, 1.807) is 31.2 Å². The zero-order valence-electron chi connectivity index (χ0n) is 17.7. The van der Waals surface area contributed by atoms with Crippen LogP contribution in [0.4, 0.5) is 0 Å². The molecule has 5 atom stereocenters. The molecule has 0 aromatic carbocycles. The fourth-order valence-corrected chi connectivity index (χ4v) is 5.61. The number of ether oxygens (including phenoxy) is 2. The molecule has 2 fully saturated rings. The molecular formula is C23H32O6. The highest BCUT2D eigenvalue weighted by molar-refractivity contribution is 5.88. The molecule has 3 rings (SSSR count). The van der Waals surface area contributed by atoms with Crippen molar-refractivity contribution < 1.29 is 29.3 Å². The summed E-state index contributed by atoms with van der Waals surface area (Å²) >= 11 is 0. The standard InChI is InChI=1S/C23H32O6/c1-15(24)9-6-5-7-10-18(25)29-17-13-16-14-28-20(26)23(16,27)22(4)12-8-11-21(2,3)19(17)22/h5-7,10,13,15,17,19,24,27H,8-9,11-12,14H2,1-4H3/t15?,17-,19+,22+,23+/m1/s1. The number of carbonyl (C=O) groups is 2. The monoisotopic (exact) mass is 404 g/mol. The van der Waals surface area contributed by atoms with Gasteiger partial charge in [0.25, 0.3) is 0 Å². The van der Waals surface area contributed by atoms with Gasteiger partial charge in [0.05, 0.1) is 6.10 Å². The van der Waals surface area contributed by atoms with E-state index in [0.717, 1.165) is 12.8 Å². The average Bonchev–Trinajstić information content (AvgIpc) is 2.90. The van der Waals surface area contributed by atoms with Crippen LogP contribution in [0.15, 0.2) is 36.0 Å². The molecule has 3 aliphatic rings. The van der Waals surface area contributed by atoms with E-state index in [0.29, 0.717) is 18.4 Å². The van der Waals surface area contributed by atoms with Crippen LogP contribution in [-0.4, -0.2) is 46.6 Å². The highest BCUT2D eigenvalue weighted by Crippen LogP contribution is 2.63. The van der Waals surface area contributed by atoms with Crippen LogP contribution in [0.25, 0.3) is 0 Å². The van der Waals surface area contributed by atoms with Crippen LogP contribution < -0.4 is 0 Å². The molecule has 29 heavy (non-hydrogen) atoms. The maximum atomic E-state index is 12.5. The van der Waals surface area contributed by atoms with Crippen LogP contribution in [0.1, 0.15) is 53.4 Å². The third-order valence-corrected chi connectivity index (χ3v) is 6.89. The maximum absolute atomic E-state index is 12.5. The van der Waals surface area contributed by atoms with Gasteiger partial charge in [0, 0.05) is 23.0 Å². The number of aliphatic hydroxyl groups excluding tert-OH is 1. The van der Waals surface area contributed by atoms with Crippen molar-refractivity contribution in [2.75, 3.05) is 6.61 Å². The zero-order valence-corrected chi connectivity index (χ0v) is 17.7. The lowest BCUT2D eigenvalue weighted by atomic mass is 9.46. The van der Waals surface area contributed by atoms with E-state index in [9.17, 15) is 19.8 Å². The van der Waals surface area contributed by atoms with Crippen LogP contribution >= 0.6 is 0 Å². The van der Waals surface area contributed by atoms with Gasteiger partial charge in [-0.15, -0.1) is 0 Å². The van der Waals surface area contributed by atoms with Gasteiger partial charge in [-0.2, -0.15) is 0 Å². The summed E-state index contributed by atoms with van der Waals surface area (Å²) in [6, 6.07) is 0. The van der Waals surface area contributed by atoms with Crippen LogP contribution in [0, 0.1) is 16.7 Å². The van der Waals surface area contributed by atoms with Gasteiger partial charge >= 0.3 is 11.9 Å². The van der Waals surface area contributed by atoms with Crippen molar-refractivity contribution in [1.82, 2.24) is 0 Å². The quantitative estimate of drug-likeness (QED) is 0.317. The first-order valence-electron chi connectivity index (χ1n) is 10.3. The van der Waals surface area contributed by atoms with Gasteiger partial charge in [-0.05, 0) is 37.7 Å². The second-order valence-electron chi connectivity index (χ2n) is 9.49. The predicted octanol–water partition coefficient (Wildman–Crippen LogP) is 2.84. The summed E-state index contributed by atoms with van der Waals surface area (Å²) in [5, 5.41) is 20.7. The molecular weight excluding hydrogens is 372 g/mol. The van der Waals surface area contributed by atoms with Crippen LogP contribution in [-0.2, 0) is 19.1 Å². The number of rotatable bonds is 5. The van der Waals surface area contributed by atoms with Gasteiger partial charge in [0.2, 0.25) is 0 Å². The lowest BCUT2D eigenvalue weighted by Gasteiger charge is -2.59. The smallest absolute Gasteiger partial charge is 0.343 e. The van der Waals surface area contributed by atoms with Gasteiger partial charge in [-0.1, -0.05) is 45.4 Å². The number of hydrogen-bond acceptors (Lipinski definition) is 6. The Morgan fingerprint density at radius 3 is 2.76 bits per heavy atom. The lowest BCUT2D eigenvalue weighted by Crippen LogP contribution is -2.65. The Bertz CT molecular complexity index is 761. The fourth-order valence-electron chi connectivity index (χ4n) is 5.61. The predicted molar refractivity (Wildman–Crippen MR) is 108 cm³/mol. The maximum Gasteiger partial charge on any atom is 0.343 e. The SMILES string of the molecule is CC(O)CC=CC=CC(=O)O[C@@H]1C=C2COC(=O)[C@]2(O)[C@@]2(C)CCCC(C)(C)[C@H]12. The molecule has 0 aromatic rings. The molecule has 0 radical (unpaired) electrons. The molecule has 6 nitrogen and oxygen atoms in total. The topological polar surface area (TPSA) is 93.1 Å². The molecule has 0 spiro atoms. The Morgan fingerprint density at radius 2 is 2.07 bits per heavy atom. The van der Waals surface area contributed by atoms with Crippen molar-refractivity contribution in [2.45, 2.75) is 71.2 Å². The normalized spacial score (nSPS) is 37.0. The third-order valence-electron chi connectivity index (χ3n) is 6.89. The summed E-state index contributed by atoms with van der Waals surface area (Å²) in [4.78, 5) is 25.0. The largest absolute Gasteiger partial charge is 0.459 e. The minimum Gasteiger partial charge on any atom is -0.459 e. The summed E-state index contributed by atoms with van der Waals surface area (Å²) in [7, 11) is 0. The van der Waals surface area contributed by atoms with E-state index >= 15 is 0 Å². The highest BCUT2D eigenvalue weighted by Gasteiger charge is 2.69. The number of esters is 2. The zero-order chi connectivity index (χ0) is 21.4. The second-order valence-corrected chi connectivity index (χ2v) is 9.49. The number of carbonyl (C=O) groups excluding carboxylic acids is 2. The van der Waals surface area contributed by atoms with Crippen molar-refractivity contribution in [1.29, 1.82) is 0 Å². The number of allylic oxidation sites excluding steroid dienone is 2. The van der Waals surface area contributed by atoms with Crippen molar-refractivity contribution >= 4 is 11.9 Å². The molecule has 1 aliphatic heterocycles. The first kappa shape index (κ1) is 21.8. The summed E-state index contributed by atoms with van der Waals surface area (Å²) in [6.07, 6.45) is 10.1. The van der Waals surface area contributed by atoms with E-state index in [2.05, 4.69) is 13.8 Å². The van der Waals surface area contributed by atoms with Crippen LogP contribution in [0.2, 0.25) is 0 Å². The summed E-state index contributed by atoms with van der Waals surface area (Å²) in [5.74, 6) is -1.29. The van der Waals surface area contributed by atoms with E-state index in [4.69, 9.17) is 9.47 Å². The van der Waals surface area contributed by atoms with Crippen molar-refractivity contribution in [2.24, 2.45) is 16.7 Å². The molecule has 6 heteroatoms. The minimum atomic E-state index is -1.65. The number of fused-ring (bicyclic) bond motifs is 3. The van der Waals surface area contributed by atoms with Gasteiger partial charge in [-0.3, -0.25) is 0 Å². The van der Waals surface area contributed by atoms with E-state index in [-0.39, 0.29) is 17.9 Å². The summed E-state index contributed by atoms with van der Waals surface area (Å²) in [6.45, 7) is 7.86. The third kappa shape index (κ3) is 3.68. The number of cyclic esters (lactones) is 1. The van der Waals surface area contributed by atoms with Gasteiger partial charge in [0.15, 0.2) is 5.60 Å². The molecule has 1 unspecified atom stereocenters. The van der Waals surface area contributed by atoms with Gasteiger partial charge < -0.3 is 19.7 Å². The van der Waals surface area contributed by atoms with E-state index in [1.165, 1.54) is 6.08 Å². The van der Waals surface area contributed by atoms with E-state index in [1.807, 2.05) is 6.92 Å². The molecule has 0 bridgehead atoms. The molecule has 2 aliphatic carbocycles. The van der Waals surface area contributed by atoms with Crippen LogP contribution in [0.3, 0.4) is 0 Å². The Balaban J connectivity index is 1.87. The van der Waals surface area contributed by atoms with Crippen LogP contribution in [0.5, 0.6) is 0 Å². The molecule has 160 valence electrons. The van der Waals surface area contributed by atoms with Crippen molar-refractivity contribution in [3.8, 4) is 0 Å². The molecule has 0 amide bonds. The first-order chi connectivity index (χ1) is 13.5. The Hall–Kier alpha value is -1.92. The molecule has 1 heterocycles. The van der Waals surface area contributed by atoms with E-state index < -0.39 is 35.2 Å².